The minimum absolute atomic E-state index is 0.0361. The van der Waals surface area contributed by atoms with Gasteiger partial charge in [0.05, 0.1) is 23.4 Å². The predicted molar refractivity (Wildman–Crippen MR) is 107 cm³/mol. The summed E-state index contributed by atoms with van der Waals surface area (Å²) in [6, 6.07) is 7.45. The number of fused-ring (bicyclic) bond motifs is 1. The van der Waals surface area contributed by atoms with Gasteiger partial charge in [-0.3, -0.25) is 9.59 Å². The van der Waals surface area contributed by atoms with E-state index in [0.717, 1.165) is 35.7 Å². The number of methoxy groups -OCH3 is 1. The molecule has 0 atom stereocenters. The van der Waals surface area contributed by atoms with Crippen molar-refractivity contribution in [3.8, 4) is 5.75 Å². The van der Waals surface area contributed by atoms with E-state index < -0.39 is 11.7 Å². The summed E-state index contributed by atoms with van der Waals surface area (Å²) in [5, 5.41) is 2.70. The zero-order chi connectivity index (χ0) is 20.3. The summed E-state index contributed by atoms with van der Waals surface area (Å²) < 4.78 is 18.6. The van der Waals surface area contributed by atoms with E-state index in [1.165, 1.54) is 12.1 Å². The van der Waals surface area contributed by atoms with Gasteiger partial charge >= 0.3 is 0 Å². The number of benzene rings is 2. The second-order valence-electron chi connectivity index (χ2n) is 6.69. The molecule has 0 spiro atoms. The molecule has 5 nitrogen and oxygen atoms in total. The molecular formula is C21H22ClFN2O3. The summed E-state index contributed by atoms with van der Waals surface area (Å²) >= 11 is 5.90. The highest BCUT2D eigenvalue weighted by Crippen LogP contribution is 2.38. The van der Waals surface area contributed by atoms with Crippen LogP contribution in [0.3, 0.4) is 0 Å². The van der Waals surface area contributed by atoms with Crippen molar-refractivity contribution in [2.75, 3.05) is 25.1 Å². The fourth-order valence-electron chi connectivity index (χ4n) is 3.45. The van der Waals surface area contributed by atoms with Crippen LogP contribution >= 0.6 is 11.6 Å². The molecule has 0 fully saturated rings. The maximum absolute atomic E-state index is 13.1. The smallest absolute Gasteiger partial charge is 0.252 e. The molecule has 28 heavy (non-hydrogen) atoms. The zero-order valence-corrected chi connectivity index (χ0v) is 16.6. The Labute approximate surface area is 168 Å². The summed E-state index contributed by atoms with van der Waals surface area (Å²) in [7, 11) is 1.59. The molecule has 2 amide bonds. The number of halogens is 2. The molecule has 0 saturated heterocycles. The summed E-state index contributed by atoms with van der Waals surface area (Å²) in [6.45, 7) is 2.80. The Morgan fingerprint density at radius 1 is 1.29 bits per heavy atom. The lowest BCUT2D eigenvalue weighted by Crippen LogP contribution is -2.38. The van der Waals surface area contributed by atoms with Crippen LogP contribution < -0.4 is 15.0 Å². The van der Waals surface area contributed by atoms with Crippen LogP contribution in [0.5, 0.6) is 5.75 Å². The van der Waals surface area contributed by atoms with Crippen LogP contribution in [0, 0.1) is 12.7 Å². The van der Waals surface area contributed by atoms with Crippen LogP contribution in [-0.2, 0) is 11.2 Å². The van der Waals surface area contributed by atoms with Crippen molar-refractivity contribution < 1.29 is 18.7 Å². The topological polar surface area (TPSA) is 58.6 Å². The van der Waals surface area contributed by atoms with Crippen molar-refractivity contribution in [3.05, 3.63) is 57.9 Å². The van der Waals surface area contributed by atoms with Gasteiger partial charge in [-0.1, -0.05) is 17.7 Å². The van der Waals surface area contributed by atoms with Gasteiger partial charge in [-0.05, 0) is 55.2 Å². The van der Waals surface area contributed by atoms with Crippen molar-refractivity contribution in [1.29, 1.82) is 0 Å². The fourth-order valence-corrected chi connectivity index (χ4v) is 3.71. The van der Waals surface area contributed by atoms with E-state index in [1.54, 1.807) is 12.0 Å². The molecule has 1 aliphatic rings. The molecule has 3 rings (SSSR count). The van der Waals surface area contributed by atoms with E-state index in [0.29, 0.717) is 12.3 Å². The molecule has 0 unspecified atom stereocenters. The SMILES string of the molecule is COc1ccc(C)c2c1N(C(=O)CCNC(=O)c1ccc(F)cc1Cl)CCC2. The number of hydrogen-bond acceptors (Lipinski definition) is 3. The molecule has 1 N–H and O–H groups in total. The van der Waals surface area contributed by atoms with E-state index in [9.17, 15) is 14.0 Å². The number of carbonyl (C=O) groups is 2. The molecule has 2 aromatic rings. The largest absolute Gasteiger partial charge is 0.495 e. The number of nitrogens with one attached hydrogen (secondary N) is 1. The predicted octanol–water partition coefficient (Wildman–Crippen LogP) is 3.90. The van der Waals surface area contributed by atoms with Gasteiger partial charge in [-0.15, -0.1) is 0 Å². The highest BCUT2D eigenvalue weighted by Gasteiger charge is 2.27. The number of amides is 2. The molecule has 0 aromatic heterocycles. The van der Waals surface area contributed by atoms with Crippen LogP contribution in [0.4, 0.5) is 10.1 Å². The van der Waals surface area contributed by atoms with E-state index in [-0.39, 0.29) is 29.5 Å². The quantitative estimate of drug-likeness (QED) is 0.822. The highest BCUT2D eigenvalue weighted by molar-refractivity contribution is 6.33. The standard InChI is InChI=1S/C21H22ClFN2O3/c1-13-5-8-18(28-2)20-15(13)4-3-11-25(20)19(26)9-10-24-21(27)16-7-6-14(23)12-17(16)22/h5-8,12H,3-4,9-11H2,1-2H3,(H,24,27). The van der Waals surface area contributed by atoms with Gasteiger partial charge in [0.1, 0.15) is 11.6 Å². The first-order valence-electron chi connectivity index (χ1n) is 9.12. The summed E-state index contributed by atoms with van der Waals surface area (Å²) in [4.78, 5) is 26.8. The molecule has 0 aliphatic carbocycles. The Morgan fingerprint density at radius 2 is 2.07 bits per heavy atom. The third kappa shape index (κ3) is 4.12. The lowest BCUT2D eigenvalue weighted by atomic mass is 9.96. The molecule has 2 aromatic carbocycles. The molecule has 0 saturated carbocycles. The van der Waals surface area contributed by atoms with Crippen LogP contribution in [0.25, 0.3) is 0 Å². The highest BCUT2D eigenvalue weighted by atomic mass is 35.5. The van der Waals surface area contributed by atoms with Crippen molar-refractivity contribution >= 4 is 29.1 Å². The minimum Gasteiger partial charge on any atom is -0.495 e. The number of rotatable bonds is 5. The first kappa shape index (κ1) is 20.1. The maximum atomic E-state index is 13.1. The third-order valence-corrected chi connectivity index (χ3v) is 5.19. The van der Waals surface area contributed by atoms with Gasteiger partial charge in [0.15, 0.2) is 0 Å². The van der Waals surface area contributed by atoms with Crippen LogP contribution in [-0.4, -0.2) is 32.0 Å². The van der Waals surface area contributed by atoms with Gasteiger partial charge in [0.2, 0.25) is 5.91 Å². The molecule has 0 radical (unpaired) electrons. The number of anilines is 1. The minimum atomic E-state index is -0.510. The van der Waals surface area contributed by atoms with Gasteiger partial charge < -0.3 is 15.0 Å². The number of carbonyl (C=O) groups excluding carboxylic acids is 2. The van der Waals surface area contributed by atoms with E-state index >= 15 is 0 Å². The average molecular weight is 405 g/mol. The Kier molecular flexibility index (Phi) is 6.19. The maximum Gasteiger partial charge on any atom is 0.252 e. The first-order chi connectivity index (χ1) is 13.4. The van der Waals surface area contributed by atoms with Gasteiger partial charge in [0.25, 0.3) is 5.91 Å². The van der Waals surface area contributed by atoms with Crippen molar-refractivity contribution in [1.82, 2.24) is 5.32 Å². The molecular weight excluding hydrogens is 383 g/mol. The monoisotopic (exact) mass is 404 g/mol. The lowest BCUT2D eigenvalue weighted by Gasteiger charge is -2.32. The zero-order valence-electron chi connectivity index (χ0n) is 15.9. The van der Waals surface area contributed by atoms with Crippen LogP contribution in [0.2, 0.25) is 5.02 Å². The Bertz CT molecular complexity index is 917. The number of aryl methyl sites for hydroxylation is 1. The Balaban J connectivity index is 1.67. The molecule has 148 valence electrons. The van der Waals surface area contributed by atoms with E-state index in [1.807, 2.05) is 19.1 Å². The van der Waals surface area contributed by atoms with Crippen molar-refractivity contribution in [2.24, 2.45) is 0 Å². The van der Waals surface area contributed by atoms with E-state index in [4.69, 9.17) is 16.3 Å². The summed E-state index contributed by atoms with van der Waals surface area (Å²) in [6.07, 6.45) is 1.92. The summed E-state index contributed by atoms with van der Waals surface area (Å²) in [5.41, 5.74) is 3.26. The van der Waals surface area contributed by atoms with Gasteiger partial charge in [0, 0.05) is 19.5 Å². The summed E-state index contributed by atoms with van der Waals surface area (Å²) in [5.74, 6) is -0.360. The molecule has 1 heterocycles. The van der Waals surface area contributed by atoms with Gasteiger partial charge in [-0.2, -0.15) is 0 Å². The van der Waals surface area contributed by atoms with E-state index in [2.05, 4.69) is 5.32 Å². The number of hydrogen-bond donors (Lipinski definition) is 1. The molecule has 0 bridgehead atoms. The van der Waals surface area contributed by atoms with Crippen LogP contribution in [0.15, 0.2) is 30.3 Å². The van der Waals surface area contributed by atoms with Crippen LogP contribution in [0.1, 0.15) is 34.3 Å². The first-order valence-corrected chi connectivity index (χ1v) is 9.50. The third-order valence-electron chi connectivity index (χ3n) is 4.88. The Hall–Kier alpha value is -2.60. The molecule has 7 heteroatoms. The second kappa shape index (κ2) is 8.61. The normalized spacial score (nSPS) is 13.1. The average Bonchev–Trinajstić information content (AvgIpc) is 2.68. The van der Waals surface area contributed by atoms with Crippen molar-refractivity contribution in [3.63, 3.8) is 0 Å². The van der Waals surface area contributed by atoms with Crippen molar-refractivity contribution in [2.45, 2.75) is 26.2 Å². The lowest BCUT2D eigenvalue weighted by molar-refractivity contribution is -0.118. The number of ether oxygens (including phenoxy) is 1. The fraction of sp³-hybridized carbons (Fsp3) is 0.333. The van der Waals surface area contributed by atoms with Gasteiger partial charge in [-0.25, -0.2) is 4.39 Å². The second-order valence-corrected chi connectivity index (χ2v) is 7.10. The number of nitrogens with zero attached hydrogens (tertiary/aromatic N) is 1. The Morgan fingerprint density at radius 3 is 2.79 bits per heavy atom. The molecule has 1 aliphatic heterocycles.